The molecule has 3 rings (SSSR count). The Bertz CT molecular complexity index is 541. The van der Waals surface area contributed by atoms with Crippen molar-refractivity contribution in [3.05, 3.63) is 56.7 Å². The summed E-state index contributed by atoms with van der Waals surface area (Å²) in [6.07, 6.45) is 3.81. The van der Waals surface area contributed by atoms with Crippen LogP contribution in [0.3, 0.4) is 0 Å². The summed E-state index contributed by atoms with van der Waals surface area (Å²) in [5.41, 5.74) is 1.85. The van der Waals surface area contributed by atoms with E-state index in [0.717, 1.165) is 35.7 Å². The average Bonchev–Trinajstić information content (AvgIpc) is 2.88. The molecule has 3 heteroatoms. The fourth-order valence-corrected chi connectivity index (χ4v) is 4.79. The third kappa shape index (κ3) is 2.64. The molecule has 1 N–H and O–H groups in total. The topological polar surface area (TPSA) is 20.2 Å². The molecule has 1 heterocycles. The van der Waals surface area contributed by atoms with Crippen molar-refractivity contribution in [2.45, 2.75) is 37.2 Å². The lowest BCUT2D eigenvalue weighted by Crippen LogP contribution is -2.30. The van der Waals surface area contributed by atoms with Crippen molar-refractivity contribution in [2.24, 2.45) is 0 Å². The summed E-state index contributed by atoms with van der Waals surface area (Å²) < 4.78 is 1.05. The minimum absolute atomic E-state index is 0.596. The third-order valence-corrected chi connectivity index (χ3v) is 5.90. The molecule has 1 aliphatic carbocycles. The van der Waals surface area contributed by atoms with Gasteiger partial charge in [0, 0.05) is 15.4 Å². The van der Waals surface area contributed by atoms with Gasteiger partial charge in [-0.1, -0.05) is 30.3 Å². The van der Waals surface area contributed by atoms with E-state index in [9.17, 15) is 5.11 Å². The first-order valence-electron chi connectivity index (χ1n) is 6.68. The van der Waals surface area contributed by atoms with Gasteiger partial charge in [-0.05, 0) is 58.5 Å². The molecule has 0 amide bonds. The normalized spacial score (nSPS) is 27.4. The van der Waals surface area contributed by atoms with Gasteiger partial charge in [-0.3, -0.25) is 0 Å². The van der Waals surface area contributed by atoms with Crippen molar-refractivity contribution in [3.8, 4) is 0 Å². The van der Waals surface area contributed by atoms with Crippen LogP contribution in [0.4, 0.5) is 0 Å². The molecule has 1 nitrogen and oxygen atoms in total. The molecule has 0 saturated heterocycles. The van der Waals surface area contributed by atoms with Gasteiger partial charge in [0.25, 0.3) is 0 Å². The molecule has 0 aliphatic heterocycles. The summed E-state index contributed by atoms with van der Waals surface area (Å²) >= 11 is 5.20. The van der Waals surface area contributed by atoms with Crippen molar-refractivity contribution < 1.29 is 5.11 Å². The summed E-state index contributed by atoms with van der Waals surface area (Å²) in [4.78, 5) is 0. The largest absolute Gasteiger partial charge is 0.385 e. The molecule has 1 aromatic carbocycles. The first-order valence-corrected chi connectivity index (χ1v) is 8.42. The second-order valence-corrected chi connectivity index (χ2v) is 6.95. The molecular weight excluding hydrogens is 320 g/mol. The highest BCUT2D eigenvalue weighted by atomic mass is 79.9. The Balaban J connectivity index is 1.75. The van der Waals surface area contributed by atoms with E-state index in [1.54, 1.807) is 11.3 Å². The molecule has 1 fully saturated rings. The maximum Gasteiger partial charge on any atom is 0.0915 e. The van der Waals surface area contributed by atoms with E-state index >= 15 is 0 Å². The van der Waals surface area contributed by atoms with E-state index in [4.69, 9.17) is 0 Å². The average molecular weight is 337 g/mol. The summed E-state index contributed by atoms with van der Waals surface area (Å²) in [7, 11) is 0. The predicted molar refractivity (Wildman–Crippen MR) is 83.6 cm³/mol. The number of halogens is 1. The van der Waals surface area contributed by atoms with E-state index in [0.29, 0.717) is 5.92 Å². The van der Waals surface area contributed by atoms with Crippen LogP contribution in [0, 0.1) is 0 Å². The van der Waals surface area contributed by atoms with E-state index in [1.807, 2.05) is 0 Å². The van der Waals surface area contributed by atoms with Gasteiger partial charge < -0.3 is 5.11 Å². The first-order chi connectivity index (χ1) is 9.19. The van der Waals surface area contributed by atoms with Crippen molar-refractivity contribution in [1.82, 2.24) is 0 Å². The summed E-state index contributed by atoms with van der Waals surface area (Å²) in [6.45, 7) is 0. The van der Waals surface area contributed by atoms with Gasteiger partial charge in [-0.2, -0.15) is 11.3 Å². The highest BCUT2D eigenvalue weighted by Gasteiger charge is 2.36. The van der Waals surface area contributed by atoms with E-state index in [-0.39, 0.29) is 0 Å². The number of aliphatic hydroxyl groups is 1. The number of hydrogen-bond donors (Lipinski definition) is 1. The van der Waals surface area contributed by atoms with Gasteiger partial charge >= 0.3 is 0 Å². The molecule has 0 spiro atoms. The number of rotatable bonds is 2. The Labute approximate surface area is 126 Å². The SMILES string of the molecule is OC1(c2cscc2Br)CCC(c2ccccc2)CC1. The number of thiophene rings is 1. The van der Waals surface area contributed by atoms with Crippen molar-refractivity contribution in [2.75, 3.05) is 0 Å². The molecular formula is C16H17BrOS. The van der Waals surface area contributed by atoms with Crippen LogP contribution in [0.1, 0.15) is 42.7 Å². The van der Waals surface area contributed by atoms with Crippen molar-refractivity contribution >= 4 is 27.3 Å². The summed E-state index contributed by atoms with van der Waals surface area (Å²) in [6, 6.07) is 10.7. The van der Waals surface area contributed by atoms with Gasteiger partial charge in [0.15, 0.2) is 0 Å². The van der Waals surface area contributed by atoms with Crippen LogP contribution in [-0.2, 0) is 5.60 Å². The zero-order chi connectivity index (χ0) is 13.3. The van der Waals surface area contributed by atoms with Gasteiger partial charge in [0.2, 0.25) is 0 Å². The third-order valence-electron chi connectivity index (χ3n) is 4.20. The predicted octanol–water partition coefficient (Wildman–Crippen LogP) is 5.06. The Morgan fingerprint density at radius 2 is 1.79 bits per heavy atom. The maximum atomic E-state index is 10.9. The minimum atomic E-state index is -0.635. The summed E-state index contributed by atoms with van der Waals surface area (Å²) in [5, 5.41) is 15.0. The number of hydrogen-bond acceptors (Lipinski definition) is 2. The second kappa shape index (κ2) is 5.39. The van der Waals surface area contributed by atoms with Crippen molar-refractivity contribution in [1.29, 1.82) is 0 Å². The highest BCUT2D eigenvalue weighted by molar-refractivity contribution is 9.10. The molecule has 0 radical (unpaired) electrons. The Morgan fingerprint density at radius 3 is 2.37 bits per heavy atom. The molecule has 0 bridgehead atoms. The van der Waals surface area contributed by atoms with Crippen LogP contribution in [-0.4, -0.2) is 5.11 Å². The molecule has 19 heavy (non-hydrogen) atoms. The molecule has 1 aromatic heterocycles. The quantitative estimate of drug-likeness (QED) is 0.812. The molecule has 1 aliphatic rings. The molecule has 1 saturated carbocycles. The summed E-state index contributed by atoms with van der Waals surface area (Å²) in [5.74, 6) is 0.596. The van der Waals surface area contributed by atoms with Crippen LogP contribution >= 0.6 is 27.3 Å². The Morgan fingerprint density at radius 1 is 1.11 bits per heavy atom. The van der Waals surface area contributed by atoms with Gasteiger partial charge in [-0.25, -0.2) is 0 Å². The van der Waals surface area contributed by atoms with Gasteiger partial charge in [0.1, 0.15) is 0 Å². The highest BCUT2D eigenvalue weighted by Crippen LogP contribution is 2.45. The van der Waals surface area contributed by atoms with Crippen LogP contribution in [0.2, 0.25) is 0 Å². The molecule has 2 aromatic rings. The minimum Gasteiger partial charge on any atom is -0.385 e. The zero-order valence-electron chi connectivity index (χ0n) is 10.7. The standard InChI is InChI=1S/C16H17BrOS/c17-15-11-19-10-14(15)16(18)8-6-13(7-9-16)12-4-2-1-3-5-12/h1-5,10-11,13,18H,6-9H2. The maximum absolute atomic E-state index is 10.9. The zero-order valence-corrected chi connectivity index (χ0v) is 13.1. The van der Waals surface area contributed by atoms with Crippen LogP contribution in [0.5, 0.6) is 0 Å². The van der Waals surface area contributed by atoms with Crippen LogP contribution in [0.25, 0.3) is 0 Å². The fraction of sp³-hybridized carbons (Fsp3) is 0.375. The van der Waals surface area contributed by atoms with E-state index in [2.05, 4.69) is 57.0 Å². The fourth-order valence-electron chi connectivity index (χ4n) is 3.04. The van der Waals surface area contributed by atoms with Crippen LogP contribution in [0.15, 0.2) is 45.6 Å². The van der Waals surface area contributed by atoms with Gasteiger partial charge in [-0.15, -0.1) is 0 Å². The van der Waals surface area contributed by atoms with E-state index in [1.165, 1.54) is 5.56 Å². The lowest BCUT2D eigenvalue weighted by Gasteiger charge is -2.36. The smallest absolute Gasteiger partial charge is 0.0915 e. The lowest BCUT2D eigenvalue weighted by atomic mass is 9.74. The second-order valence-electron chi connectivity index (χ2n) is 5.35. The Hall–Kier alpha value is -0.640. The number of benzene rings is 1. The first kappa shape index (κ1) is 13.3. The molecule has 100 valence electrons. The van der Waals surface area contributed by atoms with Crippen molar-refractivity contribution in [3.63, 3.8) is 0 Å². The molecule has 0 unspecified atom stereocenters. The van der Waals surface area contributed by atoms with Crippen LogP contribution < -0.4 is 0 Å². The van der Waals surface area contributed by atoms with Gasteiger partial charge in [0.05, 0.1) is 5.60 Å². The molecule has 0 atom stereocenters. The lowest BCUT2D eigenvalue weighted by molar-refractivity contribution is -0.00590. The Kier molecular flexibility index (Phi) is 3.79. The van der Waals surface area contributed by atoms with E-state index < -0.39 is 5.60 Å². The monoisotopic (exact) mass is 336 g/mol.